The van der Waals surface area contributed by atoms with Gasteiger partial charge in [-0.3, -0.25) is 14.5 Å². The van der Waals surface area contributed by atoms with Crippen molar-refractivity contribution >= 4 is 46.5 Å². The molecule has 5 heterocycles. The zero-order valence-corrected chi connectivity index (χ0v) is 18.8. The maximum Gasteiger partial charge on any atom is 0.241 e. The smallest absolute Gasteiger partial charge is 0.241 e. The minimum Gasteiger partial charge on any atom is -0.389 e. The monoisotopic (exact) mass is 492 g/mol. The van der Waals surface area contributed by atoms with Gasteiger partial charge in [0.25, 0.3) is 0 Å². The molecule has 8 nitrogen and oxygen atoms in total. The number of aromatic nitrogens is 1. The highest BCUT2D eigenvalue weighted by molar-refractivity contribution is 6.37. The summed E-state index contributed by atoms with van der Waals surface area (Å²) in [6.45, 7) is 1.79. The quantitative estimate of drug-likeness (QED) is 0.413. The van der Waals surface area contributed by atoms with Crippen LogP contribution in [0.3, 0.4) is 0 Å². The van der Waals surface area contributed by atoms with E-state index >= 15 is 0 Å². The lowest BCUT2D eigenvalue weighted by Gasteiger charge is -2.41. The maximum atomic E-state index is 13.8. The molecule has 2 amide bonds. The fourth-order valence-electron chi connectivity index (χ4n) is 6.38. The number of carbonyl (C=O) groups is 2. The second kappa shape index (κ2) is 6.64. The molecule has 11 heteroatoms. The highest BCUT2D eigenvalue weighted by atomic mass is 35.5. The number of nitrogens with zero attached hydrogens (tertiary/aromatic N) is 3. The average Bonchev–Trinajstić information content (AvgIpc) is 3.36. The predicted molar refractivity (Wildman–Crippen MR) is 117 cm³/mol. The molecule has 172 valence electrons. The van der Waals surface area contributed by atoms with Crippen molar-refractivity contribution in [3.8, 4) is 0 Å². The molecule has 3 saturated heterocycles. The number of halogens is 3. The van der Waals surface area contributed by atoms with Crippen LogP contribution in [0.1, 0.15) is 18.9 Å². The van der Waals surface area contributed by atoms with Crippen LogP contribution in [0.25, 0.3) is 0 Å². The third kappa shape index (κ3) is 2.60. The van der Waals surface area contributed by atoms with E-state index in [2.05, 4.69) is 10.3 Å². The Hall–Kier alpha value is -2.30. The van der Waals surface area contributed by atoms with Crippen molar-refractivity contribution in [1.29, 1.82) is 0 Å². The summed E-state index contributed by atoms with van der Waals surface area (Å²) < 4.78 is 13.8. The molecule has 2 aromatic rings. The van der Waals surface area contributed by atoms with E-state index in [4.69, 9.17) is 23.2 Å². The van der Waals surface area contributed by atoms with Gasteiger partial charge < -0.3 is 15.5 Å². The fraction of sp³-hybridized carbons (Fsp3) is 0.409. The van der Waals surface area contributed by atoms with E-state index in [-0.39, 0.29) is 23.8 Å². The summed E-state index contributed by atoms with van der Waals surface area (Å²) in [7, 11) is 0. The van der Waals surface area contributed by atoms with Crippen LogP contribution in [0.15, 0.2) is 30.3 Å². The number of aliphatic hydroxyl groups excluding tert-OH is 1. The molecule has 4 aliphatic rings. The first-order valence-corrected chi connectivity index (χ1v) is 11.3. The summed E-state index contributed by atoms with van der Waals surface area (Å²) in [5, 5.41) is 25.8. The molecule has 3 N–H and O–H groups in total. The number of benzene rings is 1. The van der Waals surface area contributed by atoms with E-state index in [0.29, 0.717) is 16.3 Å². The Morgan fingerprint density at radius 3 is 2.73 bits per heavy atom. The van der Waals surface area contributed by atoms with Crippen molar-refractivity contribution in [2.45, 2.75) is 36.8 Å². The van der Waals surface area contributed by atoms with Gasteiger partial charge in [-0.25, -0.2) is 9.88 Å². The first-order chi connectivity index (χ1) is 15.6. The summed E-state index contributed by atoms with van der Waals surface area (Å²) >= 11 is 12.7. The molecule has 3 fully saturated rings. The molecule has 0 bridgehead atoms. The van der Waals surface area contributed by atoms with Crippen molar-refractivity contribution in [2.75, 3.05) is 16.8 Å². The number of aliphatic hydroxyl groups is 2. The number of rotatable bonds is 1. The number of pyridine rings is 1. The number of hydrogen-bond acceptors (Lipinski definition) is 7. The standard InChI is InChI=1S/C22H19Cl2FN4O4/c1-21(33)7-12-15-16(19(31)29(18(15)30)14-4-2-3-13(25)26-14)22(28(12)8-21)10-5-9(23)6-11(24)17(10)27-20(22)32/h2-6,12,15-16,20,27,32-33H,7-8H2,1H3/t12?,15?,16?,20?,21-,22?/m0/s1. The number of amides is 2. The highest BCUT2D eigenvalue weighted by Gasteiger charge is 2.76. The third-order valence-electron chi connectivity index (χ3n) is 7.39. The molecule has 1 spiro atoms. The summed E-state index contributed by atoms with van der Waals surface area (Å²) in [5.41, 5.74) is -1.66. The van der Waals surface area contributed by atoms with E-state index in [0.717, 1.165) is 11.0 Å². The van der Waals surface area contributed by atoms with E-state index in [1.807, 2.05) is 4.90 Å². The molecule has 33 heavy (non-hydrogen) atoms. The lowest BCUT2D eigenvalue weighted by Crippen LogP contribution is -2.57. The van der Waals surface area contributed by atoms with Crippen molar-refractivity contribution < 1.29 is 24.2 Å². The average molecular weight is 493 g/mol. The Morgan fingerprint density at radius 1 is 1.24 bits per heavy atom. The van der Waals surface area contributed by atoms with Crippen LogP contribution in [-0.2, 0) is 15.1 Å². The van der Waals surface area contributed by atoms with Gasteiger partial charge >= 0.3 is 0 Å². The van der Waals surface area contributed by atoms with Gasteiger partial charge in [0.05, 0.1) is 28.1 Å². The topological polar surface area (TPSA) is 106 Å². The molecule has 1 aromatic carbocycles. The van der Waals surface area contributed by atoms with Crippen molar-refractivity contribution in [2.24, 2.45) is 11.8 Å². The fourth-order valence-corrected chi connectivity index (χ4v) is 6.93. The van der Waals surface area contributed by atoms with Gasteiger partial charge in [-0.2, -0.15) is 4.39 Å². The zero-order chi connectivity index (χ0) is 23.4. The molecule has 5 unspecified atom stereocenters. The lowest BCUT2D eigenvalue weighted by molar-refractivity contribution is -0.128. The molecule has 0 aliphatic carbocycles. The molecular formula is C22H19Cl2FN4O4. The van der Waals surface area contributed by atoms with Gasteiger partial charge in [0.1, 0.15) is 17.6 Å². The van der Waals surface area contributed by atoms with Gasteiger partial charge in [-0.15, -0.1) is 0 Å². The Kier molecular flexibility index (Phi) is 4.28. The third-order valence-corrected chi connectivity index (χ3v) is 7.91. The zero-order valence-electron chi connectivity index (χ0n) is 17.3. The van der Waals surface area contributed by atoms with Crippen molar-refractivity contribution in [3.05, 3.63) is 51.9 Å². The summed E-state index contributed by atoms with van der Waals surface area (Å²) in [5.74, 6) is -3.97. The van der Waals surface area contributed by atoms with E-state index in [1.165, 1.54) is 18.2 Å². The second-order valence-electron chi connectivity index (χ2n) is 9.41. The minimum absolute atomic E-state index is 0.115. The molecule has 0 radical (unpaired) electrons. The van der Waals surface area contributed by atoms with Gasteiger partial charge in [0.2, 0.25) is 17.8 Å². The number of imide groups is 1. The van der Waals surface area contributed by atoms with Crippen LogP contribution in [0.5, 0.6) is 0 Å². The Balaban J connectivity index is 1.59. The van der Waals surface area contributed by atoms with Gasteiger partial charge in [-0.1, -0.05) is 29.3 Å². The molecule has 1 aromatic heterocycles. The molecule has 4 aliphatic heterocycles. The van der Waals surface area contributed by atoms with Crippen LogP contribution in [0.2, 0.25) is 10.0 Å². The minimum atomic E-state index is -1.41. The van der Waals surface area contributed by atoms with Gasteiger partial charge in [-0.05, 0) is 37.6 Å². The summed E-state index contributed by atoms with van der Waals surface area (Å²) in [6.07, 6.45) is -1.09. The van der Waals surface area contributed by atoms with Crippen LogP contribution in [0.4, 0.5) is 15.9 Å². The number of carbonyl (C=O) groups excluding carboxylic acids is 2. The second-order valence-corrected chi connectivity index (χ2v) is 10.3. The van der Waals surface area contributed by atoms with E-state index in [9.17, 15) is 24.2 Å². The summed E-state index contributed by atoms with van der Waals surface area (Å²) in [6, 6.07) is 6.49. The largest absolute Gasteiger partial charge is 0.389 e. The Bertz CT molecular complexity index is 1240. The number of fused-ring (bicyclic) bond motifs is 7. The van der Waals surface area contributed by atoms with E-state index < -0.39 is 53.0 Å². The molecule has 0 saturated carbocycles. The molecule has 6 atom stereocenters. The van der Waals surface area contributed by atoms with Gasteiger partial charge in [0.15, 0.2) is 0 Å². The first-order valence-electron chi connectivity index (χ1n) is 10.5. The number of nitrogens with one attached hydrogen (secondary N) is 1. The Morgan fingerprint density at radius 2 is 2.00 bits per heavy atom. The summed E-state index contributed by atoms with van der Waals surface area (Å²) in [4.78, 5) is 33.9. The van der Waals surface area contributed by atoms with Gasteiger partial charge in [0, 0.05) is 23.2 Å². The van der Waals surface area contributed by atoms with Crippen LogP contribution in [-0.4, -0.2) is 56.3 Å². The highest BCUT2D eigenvalue weighted by Crippen LogP contribution is 2.63. The Labute approximate surface area is 197 Å². The SMILES string of the molecule is C[C@]1(O)CC2C3C(=O)N(c4cccc(F)n4)C(=O)C3C3(c4cc(Cl)cc(Cl)c4NC3O)N2C1. The van der Waals surface area contributed by atoms with E-state index in [1.54, 1.807) is 13.0 Å². The molecule has 6 rings (SSSR count). The van der Waals surface area contributed by atoms with Crippen molar-refractivity contribution in [3.63, 3.8) is 0 Å². The first kappa shape index (κ1) is 21.2. The predicted octanol–water partition coefficient (Wildman–Crippen LogP) is 2.11. The lowest BCUT2D eigenvalue weighted by atomic mass is 9.74. The van der Waals surface area contributed by atoms with Crippen molar-refractivity contribution in [1.82, 2.24) is 9.88 Å². The van der Waals surface area contributed by atoms with Crippen LogP contribution < -0.4 is 10.2 Å². The van der Waals surface area contributed by atoms with Crippen LogP contribution in [0, 0.1) is 17.8 Å². The van der Waals surface area contributed by atoms with Crippen LogP contribution >= 0.6 is 23.2 Å². The number of hydrogen-bond donors (Lipinski definition) is 3. The number of anilines is 2. The maximum absolute atomic E-state index is 13.8. The molecular weight excluding hydrogens is 474 g/mol. The normalized spacial score (nSPS) is 37.0.